The van der Waals surface area contributed by atoms with Crippen LogP contribution in [-0.4, -0.2) is 23.4 Å². The van der Waals surface area contributed by atoms with Gasteiger partial charge in [0.25, 0.3) is 5.56 Å². The third-order valence-corrected chi connectivity index (χ3v) is 3.55. The molecule has 0 saturated heterocycles. The first-order valence-electron chi connectivity index (χ1n) is 7.07. The molecule has 23 heavy (non-hydrogen) atoms. The molecule has 0 unspecified atom stereocenters. The Kier molecular flexibility index (Phi) is 4.05. The highest BCUT2D eigenvalue weighted by atomic mass is 16.5. The summed E-state index contributed by atoms with van der Waals surface area (Å²) in [4.78, 5) is 22.9. The minimum Gasteiger partial charge on any atom is -0.453 e. The summed E-state index contributed by atoms with van der Waals surface area (Å²) < 4.78 is 4.53. The van der Waals surface area contributed by atoms with Crippen LogP contribution in [0.3, 0.4) is 0 Å². The standard InChI is InChI=1S/C17H15N3O3/c1-23-17(22)18-10-11-6-8-12(9-7-11)15-13-4-2-3-5-14(13)16(21)20-19-15/h2-9H,10H2,1H3,(H,18,22)(H,20,21). The molecule has 1 amide bonds. The van der Waals surface area contributed by atoms with Gasteiger partial charge in [-0.1, -0.05) is 42.5 Å². The second-order valence-corrected chi connectivity index (χ2v) is 4.99. The number of carbonyl (C=O) groups excluding carboxylic acids is 1. The number of amides is 1. The van der Waals surface area contributed by atoms with E-state index in [9.17, 15) is 9.59 Å². The van der Waals surface area contributed by atoms with E-state index in [4.69, 9.17) is 0 Å². The van der Waals surface area contributed by atoms with Gasteiger partial charge in [0.2, 0.25) is 0 Å². The molecule has 0 aliphatic rings. The van der Waals surface area contributed by atoms with E-state index >= 15 is 0 Å². The number of alkyl carbamates (subject to hydrolysis) is 1. The second-order valence-electron chi connectivity index (χ2n) is 4.99. The van der Waals surface area contributed by atoms with Crippen LogP contribution >= 0.6 is 0 Å². The van der Waals surface area contributed by atoms with Crippen molar-refractivity contribution in [2.24, 2.45) is 0 Å². The van der Waals surface area contributed by atoms with Crippen LogP contribution in [0.4, 0.5) is 4.79 Å². The Morgan fingerprint density at radius 2 is 1.83 bits per heavy atom. The minimum atomic E-state index is -0.470. The van der Waals surface area contributed by atoms with E-state index in [1.807, 2.05) is 42.5 Å². The fourth-order valence-corrected chi connectivity index (χ4v) is 2.36. The van der Waals surface area contributed by atoms with Crippen molar-refractivity contribution in [2.45, 2.75) is 6.54 Å². The van der Waals surface area contributed by atoms with Gasteiger partial charge in [-0.3, -0.25) is 4.79 Å². The average molecular weight is 309 g/mol. The maximum Gasteiger partial charge on any atom is 0.407 e. The molecule has 6 nitrogen and oxygen atoms in total. The monoisotopic (exact) mass is 309 g/mol. The molecule has 0 bridgehead atoms. The number of hydrogen-bond acceptors (Lipinski definition) is 4. The molecule has 116 valence electrons. The number of carbonyl (C=O) groups is 1. The summed E-state index contributed by atoms with van der Waals surface area (Å²) >= 11 is 0. The fourth-order valence-electron chi connectivity index (χ4n) is 2.36. The Morgan fingerprint density at radius 3 is 2.52 bits per heavy atom. The summed E-state index contributed by atoms with van der Waals surface area (Å²) in [6.45, 7) is 0.382. The maximum absolute atomic E-state index is 11.8. The van der Waals surface area contributed by atoms with E-state index in [-0.39, 0.29) is 5.56 Å². The highest BCUT2D eigenvalue weighted by Gasteiger charge is 2.08. The summed E-state index contributed by atoms with van der Waals surface area (Å²) in [7, 11) is 1.32. The molecule has 6 heteroatoms. The van der Waals surface area contributed by atoms with Gasteiger partial charge < -0.3 is 10.1 Å². The van der Waals surface area contributed by atoms with E-state index in [2.05, 4.69) is 20.3 Å². The molecule has 2 N–H and O–H groups in total. The lowest BCUT2D eigenvalue weighted by Crippen LogP contribution is -2.22. The van der Waals surface area contributed by atoms with Gasteiger partial charge in [0.15, 0.2) is 0 Å². The molecule has 2 aromatic carbocycles. The summed E-state index contributed by atoms with van der Waals surface area (Å²) in [6, 6.07) is 14.9. The third kappa shape index (κ3) is 3.06. The van der Waals surface area contributed by atoms with Gasteiger partial charge in [-0.05, 0) is 11.6 Å². The molecule has 3 rings (SSSR count). The largest absolute Gasteiger partial charge is 0.453 e. The zero-order valence-electron chi connectivity index (χ0n) is 12.5. The predicted molar refractivity (Wildman–Crippen MR) is 87.0 cm³/mol. The van der Waals surface area contributed by atoms with E-state index in [0.29, 0.717) is 17.6 Å². The Labute approximate surface area is 132 Å². The fraction of sp³-hybridized carbons (Fsp3) is 0.118. The normalized spacial score (nSPS) is 10.5. The number of hydrogen-bond donors (Lipinski definition) is 2. The van der Waals surface area contributed by atoms with Crippen LogP contribution < -0.4 is 10.9 Å². The number of fused-ring (bicyclic) bond motifs is 1. The first kappa shape index (κ1) is 14.8. The van der Waals surface area contributed by atoms with Gasteiger partial charge in [0.05, 0.1) is 18.2 Å². The van der Waals surface area contributed by atoms with Crippen LogP contribution in [0, 0.1) is 0 Å². The van der Waals surface area contributed by atoms with E-state index in [0.717, 1.165) is 16.5 Å². The third-order valence-electron chi connectivity index (χ3n) is 3.55. The van der Waals surface area contributed by atoms with Crippen LogP contribution in [0.2, 0.25) is 0 Å². The van der Waals surface area contributed by atoms with Crippen LogP contribution in [0.15, 0.2) is 53.3 Å². The Balaban J connectivity index is 1.92. The van der Waals surface area contributed by atoms with Gasteiger partial charge in [-0.2, -0.15) is 5.10 Å². The molecule has 0 fully saturated rings. The van der Waals surface area contributed by atoms with Crippen LogP contribution in [0.1, 0.15) is 5.56 Å². The minimum absolute atomic E-state index is 0.205. The number of nitrogens with one attached hydrogen (secondary N) is 2. The summed E-state index contributed by atoms with van der Waals surface area (Å²) in [5, 5.41) is 10.7. The predicted octanol–water partition coefficient (Wildman–Crippen LogP) is 2.45. The SMILES string of the molecule is COC(=O)NCc1ccc(-c2n[nH]c(=O)c3ccccc23)cc1. The lowest BCUT2D eigenvalue weighted by Gasteiger charge is -2.07. The highest BCUT2D eigenvalue weighted by molar-refractivity contribution is 5.93. The summed E-state index contributed by atoms with van der Waals surface area (Å²) in [6.07, 6.45) is -0.470. The summed E-state index contributed by atoms with van der Waals surface area (Å²) in [5.41, 5.74) is 2.34. The van der Waals surface area contributed by atoms with Crippen molar-refractivity contribution < 1.29 is 9.53 Å². The lowest BCUT2D eigenvalue weighted by molar-refractivity contribution is 0.170. The number of nitrogens with zero attached hydrogens (tertiary/aromatic N) is 1. The molecule has 0 atom stereocenters. The first-order valence-corrected chi connectivity index (χ1v) is 7.07. The molecule has 3 aromatic rings. The summed E-state index contributed by atoms with van der Waals surface area (Å²) in [5.74, 6) is 0. The molecule has 0 aliphatic heterocycles. The van der Waals surface area contributed by atoms with Crippen LogP contribution in [-0.2, 0) is 11.3 Å². The average Bonchev–Trinajstić information content (AvgIpc) is 2.61. The zero-order valence-corrected chi connectivity index (χ0v) is 12.5. The van der Waals surface area contributed by atoms with Crippen molar-refractivity contribution in [2.75, 3.05) is 7.11 Å². The number of aromatic amines is 1. The molecule has 0 saturated carbocycles. The molecular formula is C17H15N3O3. The number of rotatable bonds is 3. The molecule has 1 heterocycles. The van der Waals surface area contributed by atoms with E-state index < -0.39 is 6.09 Å². The topological polar surface area (TPSA) is 84.1 Å². The van der Waals surface area contributed by atoms with Crippen LogP contribution in [0.25, 0.3) is 22.0 Å². The van der Waals surface area contributed by atoms with E-state index in [1.54, 1.807) is 6.07 Å². The first-order chi connectivity index (χ1) is 11.2. The van der Waals surface area contributed by atoms with Crippen molar-refractivity contribution in [1.29, 1.82) is 0 Å². The van der Waals surface area contributed by atoms with E-state index in [1.165, 1.54) is 7.11 Å². The number of aromatic nitrogens is 2. The molecule has 0 aliphatic carbocycles. The van der Waals surface area contributed by atoms with Gasteiger partial charge in [-0.25, -0.2) is 9.89 Å². The highest BCUT2D eigenvalue weighted by Crippen LogP contribution is 2.24. The zero-order chi connectivity index (χ0) is 16.2. The second kappa shape index (κ2) is 6.31. The van der Waals surface area contributed by atoms with Gasteiger partial charge in [0.1, 0.15) is 0 Å². The van der Waals surface area contributed by atoms with Crippen molar-refractivity contribution >= 4 is 16.9 Å². The number of ether oxygens (including phenoxy) is 1. The number of H-pyrrole nitrogens is 1. The van der Waals surface area contributed by atoms with Crippen LogP contribution in [0.5, 0.6) is 0 Å². The molecule has 1 aromatic heterocycles. The molecule has 0 spiro atoms. The smallest absolute Gasteiger partial charge is 0.407 e. The van der Waals surface area contributed by atoms with Gasteiger partial charge >= 0.3 is 6.09 Å². The number of benzene rings is 2. The lowest BCUT2D eigenvalue weighted by atomic mass is 10.0. The van der Waals surface area contributed by atoms with Gasteiger partial charge in [-0.15, -0.1) is 0 Å². The molecule has 0 radical (unpaired) electrons. The van der Waals surface area contributed by atoms with Crippen molar-refractivity contribution in [3.63, 3.8) is 0 Å². The van der Waals surface area contributed by atoms with Gasteiger partial charge in [0, 0.05) is 17.5 Å². The molecular weight excluding hydrogens is 294 g/mol. The van der Waals surface area contributed by atoms with Crippen molar-refractivity contribution in [3.8, 4) is 11.3 Å². The van der Waals surface area contributed by atoms with Crippen molar-refractivity contribution in [3.05, 3.63) is 64.4 Å². The Hall–Kier alpha value is -3.15. The quantitative estimate of drug-likeness (QED) is 0.778. The Morgan fingerprint density at radius 1 is 1.13 bits per heavy atom. The van der Waals surface area contributed by atoms with Crippen molar-refractivity contribution in [1.82, 2.24) is 15.5 Å². The maximum atomic E-state index is 11.8. The number of methoxy groups -OCH3 is 1. The Bertz CT molecular complexity index is 901.